The van der Waals surface area contributed by atoms with E-state index in [1.165, 1.54) is 6.92 Å². The number of nitrogens with zero attached hydrogens (tertiary/aromatic N) is 1. The molecule has 1 N–H and O–H groups in total. The largest absolute Gasteiger partial charge is 0.351 e. The Morgan fingerprint density at radius 2 is 1.75 bits per heavy atom. The Bertz CT molecular complexity index is 478. The van der Waals surface area contributed by atoms with Gasteiger partial charge in [0.25, 0.3) is 0 Å². The molecule has 0 radical (unpaired) electrons. The maximum Gasteiger partial charge on any atom is 0.223 e. The van der Waals surface area contributed by atoms with E-state index >= 15 is 0 Å². The Kier molecular flexibility index (Phi) is 5.57. The fourth-order valence-corrected chi connectivity index (χ4v) is 1.91. The van der Waals surface area contributed by atoms with Gasteiger partial charge in [-0.15, -0.1) is 0 Å². The van der Waals surface area contributed by atoms with Gasteiger partial charge in [-0.3, -0.25) is 9.59 Å². The fraction of sp³-hybridized carbons (Fsp3) is 0.467. The molecule has 0 bridgehead atoms. The molecule has 0 spiro atoms. The van der Waals surface area contributed by atoms with E-state index in [1.807, 2.05) is 20.8 Å². The maximum atomic E-state index is 11.8. The normalized spacial score (nSPS) is 11.1. The van der Waals surface area contributed by atoms with Gasteiger partial charge in [-0.25, -0.2) is 0 Å². The molecular formula is C15H21ClN2O2. The Balaban J connectivity index is 2.67. The standard InChI is InChI=1S/C15H21ClN2O2/c1-11(19)18(13-7-5-12(16)6-8-13)10-9-14(20)17-15(2,3)4/h5-8H,9-10H2,1-4H3,(H,17,20). The van der Waals surface area contributed by atoms with Crippen molar-refractivity contribution in [2.24, 2.45) is 0 Å². The van der Waals surface area contributed by atoms with Crippen molar-refractivity contribution in [2.45, 2.75) is 39.7 Å². The molecular weight excluding hydrogens is 276 g/mol. The second-order valence-corrected chi connectivity index (χ2v) is 6.13. The van der Waals surface area contributed by atoms with Gasteiger partial charge >= 0.3 is 0 Å². The Morgan fingerprint density at radius 1 is 1.20 bits per heavy atom. The van der Waals surface area contributed by atoms with E-state index in [0.29, 0.717) is 11.6 Å². The Labute approximate surface area is 125 Å². The Hall–Kier alpha value is -1.55. The topological polar surface area (TPSA) is 49.4 Å². The van der Waals surface area contributed by atoms with Crippen LogP contribution in [-0.4, -0.2) is 23.9 Å². The summed E-state index contributed by atoms with van der Waals surface area (Å²) in [7, 11) is 0. The molecule has 110 valence electrons. The number of carbonyl (C=O) groups is 2. The van der Waals surface area contributed by atoms with Crippen LogP contribution in [0.15, 0.2) is 24.3 Å². The molecule has 0 saturated carbocycles. The molecule has 0 aliphatic carbocycles. The van der Waals surface area contributed by atoms with Gasteiger partial charge in [0.1, 0.15) is 0 Å². The third-order valence-corrected chi connectivity index (χ3v) is 2.85. The molecule has 0 heterocycles. The highest BCUT2D eigenvalue weighted by Crippen LogP contribution is 2.18. The van der Waals surface area contributed by atoms with Crippen LogP contribution in [0.2, 0.25) is 5.02 Å². The van der Waals surface area contributed by atoms with E-state index in [2.05, 4.69) is 5.32 Å². The first-order chi connectivity index (χ1) is 9.19. The number of nitrogens with one attached hydrogen (secondary N) is 1. The van der Waals surface area contributed by atoms with Crippen molar-refractivity contribution in [1.82, 2.24) is 5.32 Å². The highest BCUT2D eigenvalue weighted by atomic mass is 35.5. The molecule has 1 rings (SSSR count). The zero-order valence-corrected chi connectivity index (χ0v) is 13.1. The lowest BCUT2D eigenvalue weighted by Gasteiger charge is -2.24. The van der Waals surface area contributed by atoms with E-state index < -0.39 is 0 Å². The summed E-state index contributed by atoms with van der Waals surface area (Å²) in [6.07, 6.45) is 0.263. The minimum Gasteiger partial charge on any atom is -0.351 e. The van der Waals surface area contributed by atoms with Gasteiger partial charge < -0.3 is 10.2 Å². The van der Waals surface area contributed by atoms with Gasteiger partial charge in [0.05, 0.1) is 0 Å². The van der Waals surface area contributed by atoms with Gasteiger partial charge in [0.15, 0.2) is 0 Å². The fourth-order valence-electron chi connectivity index (χ4n) is 1.78. The third-order valence-electron chi connectivity index (χ3n) is 2.60. The number of hydrogen-bond donors (Lipinski definition) is 1. The first-order valence-corrected chi connectivity index (χ1v) is 6.91. The number of halogens is 1. The number of amides is 2. The lowest BCUT2D eigenvalue weighted by molar-refractivity contribution is -0.122. The van der Waals surface area contributed by atoms with Crippen LogP contribution >= 0.6 is 11.6 Å². The van der Waals surface area contributed by atoms with Crippen molar-refractivity contribution in [3.8, 4) is 0 Å². The van der Waals surface area contributed by atoms with Crippen LogP contribution in [0, 0.1) is 0 Å². The average molecular weight is 297 g/mol. The van der Waals surface area contributed by atoms with Gasteiger partial charge in [0, 0.05) is 36.1 Å². The van der Waals surface area contributed by atoms with Gasteiger partial charge in [0.2, 0.25) is 11.8 Å². The summed E-state index contributed by atoms with van der Waals surface area (Å²) in [6, 6.07) is 6.99. The lowest BCUT2D eigenvalue weighted by atomic mass is 10.1. The van der Waals surface area contributed by atoms with E-state index in [-0.39, 0.29) is 23.8 Å². The number of rotatable bonds is 4. The third kappa shape index (κ3) is 5.61. The molecule has 0 aromatic heterocycles. The summed E-state index contributed by atoms with van der Waals surface area (Å²) < 4.78 is 0. The maximum absolute atomic E-state index is 11.8. The minimum atomic E-state index is -0.265. The SMILES string of the molecule is CC(=O)N(CCC(=O)NC(C)(C)C)c1ccc(Cl)cc1. The van der Waals surface area contributed by atoms with Crippen molar-refractivity contribution in [3.05, 3.63) is 29.3 Å². The number of carbonyl (C=O) groups excluding carboxylic acids is 2. The lowest BCUT2D eigenvalue weighted by Crippen LogP contribution is -2.42. The van der Waals surface area contributed by atoms with Gasteiger partial charge in [-0.05, 0) is 45.0 Å². The summed E-state index contributed by atoms with van der Waals surface area (Å²) in [5.74, 6) is -0.173. The molecule has 4 nitrogen and oxygen atoms in total. The molecule has 5 heteroatoms. The van der Waals surface area contributed by atoms with Crippen molar-refractivity contribution < 1.29 is 9.59 Å². The molecule has 0 unspecified atom stereocenters. The number of benzene rings is 1. The quantitative estimate of drug-likeness (QED) is 0.928. The Morgan fingerprint density at radius 3 is 2.20 bits per heavy atom. The van der Waals surface area contributed by atoms with E-state index in [0.717, 1.165) is 5.69 Å². The molecule has 0 atom stereocenters. The summed E-state index contributed by atoms with van der Waals surface area (Å²) in [5.41, 5.74) is 0.476. The van der Waals surface area contributed by atoms with Crippen LogP contribution in [0.4, 0.5) is 5.69 Å². The van der Waals surface area contributed by atoms with Gasteiger partial charge in [-0.2, -0.15) is 0 Å². The molecule has 0 fully saturated rings. The van der Waals surface area contributed by atoms with Crippen LogP contribution < -0.4 is 10.2 Å². The van der Waals surface area contributed by atoms with Crippen LogP contribution in [0.3, 0.4) is 0 Å². The van der Waals surface area contributed by atoms with Crippen molar-refractivity contribution in [3.63, 3.8) is 0 Å². The van der Waals surface area contributed by atoms with Crippen LogP contribution in [0.1, 0.15) is 34.1 Å². The second-order valence-electron chi connectivity index (χ2n) is 5.70. The number of anilines is 1. The van der Waals surface area contributed by atoms with E-state index in [1.54, 1.807) is 29.2 Å². The van der Waals surface area contributed by atoms with Crippen LogP contribution in [-0.2, 0) is 9.59 Å². The van der Waals surface area contributed by atoms with E-state index in [9.17, 15) is 9.59 Å². The molecule has 20 heavy (non-hydrogen) atoms. The summed E-state index contributed by atoms with van der Waals surface area (Å²) >= 11 is 5.83. The first kappa shape index (κ1) is 16.5. The zero-order chi connectivity index (χ0) is 15.3. The summed E-state index contributed by atoms with van der Waals surface area (Å²) in [4.78, 5) is 25.1. The number of hydrogen-bond acceptors (Lipinski definition) is 2. The molecule has 1 aromatic rings. The predicted molar refractivity (Wildman–Crippen MR) is 82.0 cm³/mol. The van der Waals surface area contributed by atoms with Crippen molar-refractivity contribution in [1.29, 1.82) is 0 Å². The smallest absolute Gasteiger partial charge is 0.223 e. The predicted octanol–water partition coefficient (Wildman–Crippen LogP) is 3.00. The average Bonchev–Trinajstić information content (AvgIpc) is 2.29. The monoisotopic (exact) mass is 296 g/mol. The van der Waals surface area contributed by atoms with Crippen LogP contribution in [0.25, 0.3) is 0 Å². The molecule has 0 aliphatic heterocycles. The molecule has 2 amide bonds. The van der Waals surface area contributed by atoms with Gasteiger partial charge in [-0.1, -0.05) is 11.6 Å². The highest BCUT2D eigenvalue weighted by Gasteiger charge is 2.17. The zero-order valence-electron chi connectivity index (χ0n) is 12.4. The minimum absolute atomic E-state index is 0.0716. The van der Waals surface area contributed by atoms with Crippen molar-refractivity contribution in [2.75, 3.05) is 11.4 Å². The molecule has 1 aromatic carbocycles. The van der Waals surface area contributed by atoms with Crippen molar-refractivity contribution >= 4 is 29.1 Å². The van der Waals surface area contributed by atoms with Crippen LogP contribution in [0.5, 0.6) is 0 Å². The second kappa shape index (κ2) is 6.75. The first-order valence-electron chi connectivity index (χ1n) is 6.54. The summed E-state index contributed by atoms with van der Waals surface area (Å²) in [6.45, 7) is 7.60. The van der Waals surface area contributed by atoms with E-state index in [4.69, 9.17) is 11.6 Å². The molecule has 0 saturated heterocycles. The molecule has 0 aliphatic rings. The summed E-state index contributed by atoms with van der Waals surface area (Å²) in [5, 5.41) is 3.49. The highest BCUT2D eigenvalue weighted by molar-refractivity contribution is 6.30.